The zero-order valence-corrected chi connectivity index (χ0v) is 15.3. The van der Waals surface area contributed by atoms with Crippen molar-refractivity contribution in [2.24, 2.45) is 0 Å². The van der Waals surface area contributed by atoms with E-state index in [0.29, 0.717) is 22.3 Å². The predicted octanol–water partition coefficient (Wildman–Crippen LogP) is 5.03. The lowest BCUT2D eigenvalue weighted by atomic mass is 10.0. The molecule has 0 fully saturated rings. The summed E-state index contributed by atoms with van der Waals surface area (Å²) in [6.45, 7) is 1.80. The van der Waals surface area contributed by atoms with Crippen molar-refractivity contribution in [1.29, 1.82) is 0 Å². The number of hydrogen-bond donors (Lipinski definition) is 1. The fourth-order valence-electron chi connectivity index (χ4n) is 2.92. The summed E-state index contributed by atoms with van der Waals surface area (Å²) in [4.78, 5) is 17.1. The van der Waals surface area contributed by atoms with E-state index >= 15 is 0 Å². The minimum absolute atomic E-state index is 0.193. The Morgan fingerprint density at radius 3 is 2.70 bits per heavy atom. The van der Waals surface area contributed by atoms with Gasteiger partial charge in [-0.1, -0.05) is 65.3 Å². The molecule has 0 spiro atoms. The van der Waals surface area contributed by atoms with Crippen LogP contribution in [0.2, 0.25) is 5.02 Å². The van der Waals surface area contributed by atoms with Gasteiger partial charge < -0.3 is 9.84 Å². The minimum atomic E-state index is -0.433. The summed E-state index contributed by atoms with van der Waals surface area (Å²) in [6, 6.07) is 20.2. The number of aromatic nitrogens is 2. The van der Waals surface area contributed by atoms with Crippen LogP contribution in [0.3, 0.4) is 0 Å². The van der Waals surface area contributed by atoms with Gasteiger partial charge in [0.2, 0.25) is 11.7 Å². The molecule has 27 heavy (non-hydrogen) atoms. The van der Waals surface area contributed by atoms with E-state index in [0.717, 1.165) is 16.3 Å². The number of halogens is 1. The van der Waals surface area contributed by atoms with E-state index in [4.69, 9.17) is 16.1 Å². The molecule has 0 aliphatic heterocycles. The van der Waals surface area contributed by atoms with Crippen molar-refractivity contribution in [3.8, 4) is 11.4 Å². The second-order valence-electron chi connectivity index (χ2n) is 6.19. The summed E-state index contributed by atoms with van der Waals surface area (Å²) >= 11 is 6.01. The lowest BCUT2D eigenvalue weighted by Gasteiger charge is -2.11. The van der Waals surface area contributed by atoms with Gasteiger partial charge in [0, 0.05) is 16.1 Å². The topological polar surface area (TPSA) is 68.0 Å². The number of benzene rings is 3. The van der Waals surface area contributed by atoms with E-state index < -0.39 is 6.04 Å². The van der Waals surface area contributed by atoms with Crippen LogP contribution in [0.1, 0.15) is 29.2 Å². The van der Waals surface area contributed by atoms with Crippen LogP contribution in [0, 0.1) is 0 Å². The predicted molar refractivity (Wildman–Crippen MR) is 105 cm³/mol. The Labute approximate surface area is 161 Å². The van der Waals surface area contributed by atoms with Gasteiger partial charge in [0.1, 0.15) is 6.04 Å². The van der Waals surface area contributed by atoms with Gasteiger partial charge in [0.25, 0.3) is 5.91 Å². The molecule has 0 radical (unpaired) electrons. The van der Waals surface area contributed by atoms with Crippen molar-refractivity contribution in [2.45, 2.75) is 13.0 Å². The first kappa shape index (κ1) is 17.2. The van der Waals surface area contributed by atoms with Gasteiger partial charge in [-0.3, -0.25) is 4.79 Å². The number of hydrogen-bond acceptors (Lipinski definition) is 4. The van der Waals surface area contributed by atoms with E-state index in [1.165, 1.54) is 0 Å². The number of nitrogens with one attached hydrogen (secondary N) is 1. The quantitative estimate of drug-likeness (QED) is 0.541. The van der Waals surface area contributed by atoms with E-state index in [-0.39, 0.29) is 5.91 Å². The second kappa shape index (κ2) is 7.21. The monoisotopic (exact) mass is 377 g/mol. The lowest BCUT2D eigenvalue weighted by molar-refractivity contribution is 0.0934. The van der Waals surface area contributed by atoms with Crippen molar-refractivity contribution in [2.75, 3.05) is 0 Å². The summed E-state index contributed by atoms with van der Waals surface area (Å²) in [7, 11) is 0. The number of carbonyl (C=O) groups excluding carboxylic acids is 1. The molecule has 5 nitrogen and oxygen atoms in total. The summed E-state index contributed by atoms with van der Waals surface area (Å²) in [5, 5.41) is 9.41. The fraction of sp³-hybridized carbons (Fsp3) is 0.0952. The third-order valence-electron chi connectivity index (χ3n) is 4.28. The first-order chi connectivity index (χ1) is 13.1. The maximum atomic E-state index is 12.7. The maximum absolute atomic E-state index is 12.7. The van der Waals surface area contributed by atoms with Crippen LogP contribution >= 0.6 is 11.6 Å². The Morgan fingerprint density at radius 1 is 1.07 bits per heavy atom. The fourth-order valence-corrected chi connectivity index (χ4v) is 3.11. The van der Waals surface area contributed by atoms with E-state index in [9.17, 15) is 4.79 Å². The van der Waals surface area contributed by atoms with E-state index in [1.54, 1.807) is 25.1 Å². The highest BCUT2D eigenvalue weighted by Crippen LogP contribution is 2.23. The average molecular weight is 378 g/mol. The van der Waals surface area contributed by atoms with Crippen molar-refractivity contribution < 1.29 is 9.32 Å². The number of rotatable bonds is 4. The van der Waals surface area contributed by atoms with Gasteiger partial charge in [0.15, 0.2) is 0 Å². The molecular formula is C21H16ClN3O2. The van der Waals surface area contributed by atoms with E-state index in [2.05, 4.69) is 15.5 Å². The van der Waals surface area contributed by atoms with Gasteiger partial charge in [-0.2, -0.15) is 4.98 Å². The second-order valence-corrected chi connectivity index (χ2v) is 6.62. The highest BCUT2D eigenvalue weighted by molar-refractivity contribution is 6.30. The van der Waals surface area contributed by atoms with Crippen LogP contribution in [0.4, 0.5) is 0 Å². The molecule has 6 heteroatoms. The molecule has 1 amide bonds. The normalized spacial score (nSPS) is 12.1. The number of fused-ring (bicyclic) bond motifs is 1. The summed E-state index contributed by atoms with van der Waals surface area (Å²) in [5.41, 5.74) is 1.36. The van der Waals surface area contributed by atoms with Crippen molar-refractivity contribution in [1.82, 2.24) is 15.5 Å². The third-order valence-corrected chi connectivity index (χ3v) is 4.51. The molecule has 1 heterocycles. The van der Waals surface area contributed by atoms with Gasteiger partial charge in [-0.25, -0.2) is 0 Å². The molecule has 0 aliphatic carbocycles. The molecule has 4 rings (SSSR count). The zero-order valence-electron chi connectivity index (χ0n) is 14.5. The maximum Gasteiger partial charge on any atom is 0.252 e. The van der Waals surface area contributed by atoms with Gasteiger partial charge >= 0.3 is 0 Å². The number of carbonyl (C=O) groups is 1. The summed E-state index contributed by atoms with van der Waals surface area (Å²) < 4.78 is 5.33. The standard InChI is InChI=1S/C21H16ClN3O2/c1-13(21-24-19(25-27-21)15-8-4-9-16(22)12-15)23-20(26)18-11-5-7-14-6-2-3-10-17(14)18/h2-13H,1H3,(H,23,26). The van der Waals surface area contributed by atoms with Crippen LogP contribution in [0.25, 0.3) is 22.2 Å². The number of nitrogens with zero attached hydrogens (tertiary/aromatic N) is 2. The van der Waals surface area contributed by atoms with Gasteiger partial charge in [-0.15, -0.1) is 0 Å². The largest absolute Gasteiger partial charge is 0.340 e. The van der Waals surface area contributed by atoms with Gasteiger partial charge in [-0.05, 0) is 35.9 Å². The molecule has 0 bridgehead atoms. The molecule has 0 aliphatic rings. The summed E-state index contributed by atoms with van der Waals surface area (Å²) in [6.07, 6.45) is 0. The Bertz CT molecular complexity index is 1120. The Kier molecular flexibility index (Phi) is 4.60. The molecular weight excluding hydrogens is 362 g/mol. The average Bonchev–Trinajstić information content (AvgIpc) is 3.18. The molecule has 1 unspecified atom stereocenters. The highest BCUT2D eigenvalue weighted by atomic mass is 35.5. The SMILES string of the molecule is CC(NC(=O)c1cccc2ccccc12)c1nc(-c2cccc(Cl)c2)no1. The van der Waals surface area contributed by atoms with Crippen LogP contribution in [-0.4, -0.2) is 16.0 Å². The van der Waals surface area contributed by atoms with Crippen LogP contribution in [0.15, 0.2) is 71.3 Å². The Hall–Kier alpha value is -3.18. The minimum Gasteiger partial charge on any atom is -0.340 e. The Balaban J connectivity index is 1.55. The molecule has 1 aromatic heterocycles. The first-order valence-corrected chi connectivity index (χ1v) is 8.88. The highest BCUT2D eigenvalue weighted by Gasteiger charge is 2.19. The molecule has 134 valence electrons. The smallest absolute Gasteiger partial charge is 0.252 e. The molecule has 0 saturated carbocycles. The molecule has 0 saturated heterocycles. The lowest BCUT2D eigenvalue weighted by Crippen LogP contribution is -2.27. The molecule has 4 aromatic rings. The van der Waals surface area contributed by atoms with Crippen molar-refractivity contribution >= 4 is 28.3 Å². The van der Waals surface area contributed by atoms with Crippen LogP contribution in [0.5, 0.6) is 0 Å². The van der Waals surface area contributed by atoms with E-state index in [1.807, 2.05) is 48.5 Å². The zero-order chi connectivity index (χ0) is 18.8. The molecule has 3 aromatic carbocycles. The van der Waals surface area contributed by atoms with Crippen LogP contribution in [-0.2, 0) is 0 Å². The van der Waals surface area contributed by atoms with Gasteiger partial charge in [0.05, 0.1) is 0 Å². The Morgan fingerprint density at radius 2 is 1.85 bits per heavy atom. The number of amides is 1. The van der Waals surface area contributed by atoms with Crippen molar-refractivity contribution in [3.63, 3.8) is 0 Å². The third kappa shape index (κ3) is 3.55. The molecule has 1 atom stereocenters. The molecule has 1 N–H and O–H groups in total. The first-order valence-electron chi connectivity index (χ1n) is 8.50. The van der Waals surface area contributed by atoms with Crippen molar-refractivity contribution in [3.05, 3.63) is 83.2 Å². The van der Waals surface area contributed by atoms with Crippen LogP contribution < -0.4 is 5.32 Å². The summed E-state index contributed by atoms with van der Waals surface area (Å²) in [5.74, 6) is 0.569.